The molecule has 4 rings (SSSR count). The van der Waals surface area contributed by atoms with E-state index in [2.05, 4.69) is 9.80 Å². The maximum Gasteiger partial charge on any atom is 0.251 e. The van der Waals surface area contributed by atoms with Crippen molar-refractivity contribution in [1.29, 1.82) is 0 Å². The minimum absolute atomic E-state index is 0.0362. The summed E-state index contributed by atoms with van der Waals surface area (Å²) in [5.41, 5.74) is 7.38. The van der Waals surface area contributed by atoms with Gasteiger partial charge in [0.15, 0.2) is 0 Å². The van der Waals surface area contributed by atoms with Crippen LogP contribution in [0.2, 0.25) is 0 Å². The number of anilines is 2. The molecular formula is C14H19F2N3. The topological polar surface area (TPSA) is 32.5 Å². The average molecular weight is 267 g/mol. The fourth-order valence-corrected chi connectivity index (χ4v) is 3.25. The van der Waals surface area contributed by atoms with Crippen LogP contribution in [0.3, 0.4) is 0 Å². The summed E-state index contributed by atoms with van der Waals surface area (Å²) in [7, 11) is 1.94. The number of nitrogen functional groups attached to an aromatic ring is 1. The van der Waals surface area contributed by atoms with Crippen LogP contribution in [0.25, 0.3) is 0 Å². The van der Waals surface area contributed by atoms with Crippen LogP contribution < -0.4 is 10.6 Å². The van der Waals surface area contributed by atoms with Crippen molar-refractivity contribution >= 4 is 11.4 Å². The molecule has 0 spiro atoms. The first-order chi connectivity index (χ1) is 8.94. The second-order valence-electron chi connectivity index (χ2n) is 5.76. The number of hydrogen-bond donors (Lipinski definition) is 1. The zero-order valence-corrected chi connectivity index (χ0v) is 11.0. The summed E-state index contributed by atoms with van der Waals surface area (Å²) in [6, 6.07) is 7.31. The van der Waals surface area contributed by atoms with Crippen LogP contribution in [0, 0.1) is 0 Å². The molecule has 5 heteroatoms. The van der Waals surface area contributed by atoms with Crippen molar-refractivity contribution in [1.82, 2.24) is 4.90 Å². The molecule has 2 atom stereocenters. The van der Waals surface area contributed by atoms with Crippen LogP contribution in [0.15, 0.2) is 24.3 Å². The third kappa shape index (κ3) is 2.39. The number of hydrogen-bond acceptors (Lipinski definition) is 3. The SMILES string of the molecule is CN1CC2CC(F)(F)CC1CN2c1ccc(N)cc1. The van der Waals surface area contributed by atoms with Crippen molar-refractivity contribution in [2.45, 2.75) is 30.8 Å². The van der Waals surface area contributed by atoms with Gasteiger partial charge < -0.3 is 10.6 Å². The minimum Gasteiger partial charge on any atom is -0.399 e. The molecule has 2 unspecified atom stereocenters. The number of rotatable bonds is 1. The van der Waals surface area contributed by atoms with Crippen LogP contribution in [0.5, 0.6) is 0 Å². The Balaban J connectivity index is 1.90. The highest BCUT2D eigenvalue weighted by Crippen LogP contribution is 2.38. The van der Waals surface area contributed by atoms with Gasteiger partial charge in [-0.3, -0.25) is 4.90 Å². The van der Waals surface area contributed by atoms with Crippen molar-refractivity contribution in [3.8, 4) is 0 Å². The van der Waals surface area contributed by atoms with Gasteiger partial charge in [-0.05, 0) is 31.3 Å². The Bertz CT molecular complexity index is 460. The zero-order valence-electron chi connectivity index (χ0n) is 11.0. The molecule has 1 aromatic rings. The molecule has 1 aromatic carbocycles. The first-order valence-electron chi connectivity index (χ1n) is 6.65. The lowest BCUT2D eigenvalue weighted by atomic mass is 10.1. The zero-order chi connectivity index (χ0) is 13.6. The second-order valence-corrected chi connectivity index (χ2v) is 5.76. The fourth-order valence-electron chi connectivity index (χ4n) is 3.25. The Morgan fingerprint density at radius 3 is 2.42 bits per heavy atom. The molecule has 0 saturated carbocycles. The van der Waals surface area contributed by atoms with Crippen molar-refractivity contribution < 1.29 is 8.78 Å². The Morgan fingerprint density at radius 2 is 1.74 bits per heavy atom. The molecule has 0 radical (unpaired) electrons. The van der Waals surface area contributed by atoms with Gasteiger partial charge in [-0.15, -0.1) is 0 Å². The quantitative estimate of drug-likeness (QED) is 0.792. The van der Waals surface area contributed by atoms with E-state index in [4.69, 9.17) is 5.73 Å². The summed E-state index contributed by atoms with van der Waals surface area (Å²) >= 11 is 0. The first-order valence-corrected chi connectivity index (χ1v) is 6.65. The lowest BCUT2D eigenvalue weighted by Crippen LogP contribution is -2.55. The Labute approximate surface area is 112 Å². The summed E-state index contributed by atoms with van der Waals surface area (Å²) in [6.45, 7) is 1.37. The lowest BCUT2D eigenvalue weighted by molar-refractivity contribution is -0.0190. The maximum absolute atomic E-state index is 13.9. The second kappa shape index (κ2) is 4.34. The molecule has 3 saturated heterocycles. The van der Waals surface area contributed by atoms with Crippen LogP contribution >= 0.6 is 0 Å². The van der Waals surface area contributed by atoms with Crippen LogP contribution in [0.1, 0.15) is 12.8 Å². The van der Waals surface area contributed by atoms with Gasteiger partial charge >= 0.3 is 0 Å². The van der Waals surface area contributed by atoms with Crippen LogP contribution in [0.4, 0.5) is 20.2 Å². The lowest BCUT2D eigenvalue weighted by Gasteiger charge is -2.43. The van der Waals surface area contributed by atoms with E-state index >= 15 is 0 Å². The van der Waals surface area contributed by atoms with E-state index in [-0.39, 0.29) is 24.9 Å². The van der Waals surface area contributed by atoms with Gasteiger partial charge in [0.25, 0.3) is 5.92 Å². The van der Waals surface area contributed by atoms with Crippen molar-refractivity contribution in [2.24, 2.45) is 0 Å². The van der Waals surface area contributed by atoms with E-state index in [9.17, 15) is 8.78 Å². The standard InChI is InChI=1S/C14H19F2N3/c1-18-8-13-7-14(15,16)6-12(18)9-19(13)11-4-2-10(17)3-5-11/h2-5,12-13H,6-9,17H2,1H3. The number of fused-ring (bicyclic) bond motifs is 4. The van der Waals surface area contributed by atoms with E-state index in [1.54, 1.807) is 0 Å². The van der Waals surface area contributed by atoms with E-state index in [1.807, 2.05) is 31.3 Å². The highest BCUT2D eigenvalue weighted by atomic mass is 19.3. The smallest absolute Gasteiger partial charge is 0.251 e. The van der Waals surface area contributed by atoms with Gasteiger partial charge in [0, 0.05) is 49.4 Å². The molecular weight excluding hydrogens is 248 g/mol. The summed E-state index contributed by atoms with van der Waals surface area (Å²) in [5.74, 6) is -2.55. The normalized spacial score (nSPS) is 30.4. The number of halogens is 2. The van der Waals surface area contributed by atoms with E-state index < -0.39 is 5.92 Å². The average Bonchev–Trinajstić information content (AvgIpc) is 2.52. The van der Waals surface area contributed by atoms with Gasteiger partial charge in [-0.1, -0.05) is 0 Å². The number of likely N-dealkylation sites (N-methyl/N-ethyl adjacent to an activating group) is 1. The summed E-state index contributed by atoms with van der Waals surface area (Å²) < 4.78 is 27.7. The molecule has 3 nitrogen and oxygen atoms in total. The predicted molar refractivity (Wildman–Crippen MR) is 72.6 cm³/mol. The molecule has 19 heavy (non-hydrogen) atoms. The summed E-state index contributed by atoms with van der Waals surface area (Å²) in [5, 5.41) is 0. The minimum atomic E-state index is -2.55. The molecule has 104 valence electrons. The van der Waals surface area contributed by atoms with Gasteiger partial charge in [0.05, 0.1) is 0 Å². The van der Waals surface area contributed by atoms with Crippen molar-refractivity contribution in [2.75, 3.05) is 30.8 Å². The summed E-state index contributed by atoms with van der Waals surface area (Å²) in [4.78, 5) is 4.18. The Kier molecular flexibility index (Phi) is 2.89. The van der Waals surface area contributed by atoms with Crippen LogP contribution in [-0.2, 0) is 0 Å². The molecule has 3 fully saturated rings. The number of alkyl halides is 2. The number of nitrogens with zero attached hydrogens (tertiary/aromatic N) is 2. The van der Waals surface area contributed by atoms with Gasteiger partial charge in [0.2, 0.25) is 0 Å². The van der Waals surface area contributed by atoms with Gasteiger partial charge in [-0.2, -0.15) is 0 Å². The fraction of sp³-hybridized carbons (Fsp3) is 0.571. The molecule has 3 aliphatic rings. The molecule has 2 N–H and O–H groups in total. The molecule has 3 aliphatic heterocycles. The molecule has 0 aromatic heterocycles. The number of nitrogens with two attached hydrogens (primary N) is 1. The Morgan fingerprint density at radius 1 is 1.11 bits per heavy atom. The third-order valence-electron chi connectivity index (χ3n) is 4.26. The third-order valence-corrected chi connectivity index (χ3v) is 4.26. The van der Waals surface area contributed by atoms with E-state index in [1.165, 1.54) is 0 Å². The molecule has 0 aliphatic carbocycles. The monoisotopic (exact) mass is 267 g/mol. The Hall–Kier alpha value is -1.36. The van der Waals surface area contributed by atoms with Crippen LogP contribution in [-0.4, -0.2) is 43.0 Å². The van der Waals surface area contributed by atoms with Gasteiger partial charge in [0.1, 0.15) is 0 Å². The number of benzene rings is 1. The number of piperazine rings is 1. The maximum atomic E-state index is 13.9. The summed E-state index contributed by atoms with van der Waals surface area (Å²) in [6.07, 6.45) is -0.0936. The molecule has 0 amide bonds. The first kappa shape index (κ1) is 12.7. The predicted octanol–water partition coefficient (Wildman–Crippen LogP) is 2.19. The van der Waals surface area contributed by atoms with E-state index in [0.29, 0.717) is 18.8 Å². The van der Waals surface area contributed by atoms with E-state index in [0.717, 1.165) is 5.69 Å². The van der Waals surface area contributed by atoms with Crippen molar-refractivity contribution in [3.63, 3.8) is 0 Å². The van der Waals surface area contributed by atoms with Crippen molar-refractivity contribution in [3.05, 3.63) is 24.3 Å². The molecule has 3 heterocycles. The highest BCUT2D eigenvalue weighted by molar-refractivity contribution is 5.54. The highest BCUT2D eigenvalue weighted by Gasteiger charge is 2.47. The largest absolute Gasteiger partial charge is 0.399 e. The van der Waals surface area contributed by atoms with Gasteiger partial charge in [-0.25, -0.2) is 8.78 Å². The molecule has 2 bridgehead atoms.